The van der Waals surface area contributed by atoms with Crippen LogP contribution in [0.5, 0.6) is 11.5 Å². The van der Waals surface area contributed by atoms with E-state index in [0.717, 1.165) is 5.56 Å². The smallest absolute Gasteiger partial charge is 0.246 e. The van der Waals surface area contributed by atoms with Crippen molar-refractivity contribution in [1.82, 2.24) is 15.5 Å². The standard InChI is InChI=1S/C21H23N3O4/c1-13-5-6-15(9-14(13)2)10-19(25)22-12-20-23-21(24-28-20)17-8-7-16(26-3)11-18(17)27-4/h5-9,11H,10,12H2,1-4H3,(H,22,25). The molecule has 1 N–H and O–H groups in total. The molecule has 1 amide bonds. The van der Waals surface area contributed by atoms with Crippen molar-refractivity contribution in [2.24, 2.45) is 0 Å². The number of aromatic nitrogens is 2. The maximum atomic E-state index is 12.2. The van der Waals surface area contributed by atoms with Crippen molar-refractivity contribution >= 4 is 5.91 Å². The van der Waals surface area contributed by atoms with Crippen LogP contribution in [-0.2, 0) is 17.8 Å². The minimum absolute atomic E-state index is 0.106. The number of nitrogens with zero attached hydrogens (tertiary/aromatic N) is 2. The van der Waals surface area contributed by atoms with Gasteiger partial charge in [-0.25, -0.2) is 0 Å². The van der Waals surface area contributed by atoms with Gasteiger partial charge in [0.15, 0.2) is 0 Å². The molecule has 2 aromatic carbocycles. The van der Waals surface area contributed by atoms with Crippen molar-refractivity contribution in [3.05, 3.63) is 59.0 Å². The van der Waals surface area contributed by atoms with Crippen molar-refractivity contribution in [1.29, 1.82) is 0 Å². The van der Waals surface area contributed by atoms with Gasteiger partial charge in [0.1, 0.15) is 11.5 Å². The molecule has 7 nitrogen and oxygen atoms in total. The summed E-state index contributed by atoms with van der Waals surface area (Å²) in [5.74, 6) is 1.85. The molecule has 0 saturated carbocycles. The van der Waals surface area contributed by atoms with Gasteiger partial charge in [0, 0.05) is 6.07 Å². The normalized spacial score (nSPS) is 10.6. The Labute approximate surface area is 163 Å². The van der Waals surface area contributed by atoms with Crippen molar-refractivity contribution in [2.75, 3.05) is 14.2 Å². The van der Waals surface area contributed by atoms with Crippen LogP contribution in [0, 0.1) is 13.8 Å². The molecule has 28 heavy (non-hydrogen) atoms. The van der Waals surface area contributed by atoms with E-state index in [2.05, 4.69) is 15.5 Å². The number of rotatable bonds is 7. The summed E-state index contributed by atoms with van der Waals surface area (Å²) in [4.78, 5) is 16.5. The summed E-state index contributed by atoms with van der Waals surface area (Å²) in [7, 11) is 3.15. The number of hydrogen-bond donors (Lipinski definition) is 1. The van der Waals surface area contributed by atoms with Crippen LogP contribution in [0.2, 0.25) is 0 Å². The SMILES string of the molecule is COc1ccc(-c2noc(CNC(=O)Cc3ccc(C)c(C)c3)n2)c(OC)c1. The second-order valence-corrected chi connectivity index (χ2v) is 6.45. The molecule has 0 unspecified atom stereocenters. The Morgan fingerprint density at radius 2 is 1.89 bits per heavy atom. The van der Waals surface area contributed by atoms with Crippen LogP contribution in [-0.4, -0.2) is 30.3 Å². The number of benzene rings is 2. The molecule has 0 aliphatic carbocycles. The molecular formula is C21H23N3O4. The van der Waals surface area contributed by atoms with E-state index in [-0.39, 0.29) is 12.5 Å². The van der Waals surface area contributed by atoms with Gasteiger partial charge in [0.2, 0.25) is 17.6 Å². The second kappa shape index (κ2) is 8.56. The van der Waals surface area contributed by atoms with Gasteiger partial charge < -0.3 is 19.3 Å². The average molecular weight is 381 g/mol. The third-order valence-electron chi connectivity index (χ3n) is 4.49. The third kappa shape index (κ3) is 4.49. The van der Waals surface area contributed by atoms with E-state index in [1.165, 1.54) is 11.1 Å². The van der Waals surface area contributed by atoms with Crippen LogP contribution >= 0.6 is 0 Å². The van der Waals surface area contributed by atoms with E-state index >= 15 is 0 Å². The third-order valence-corrected chi connectivity index (χ3v) is 4.49. The summed E-state index contributed by atoms with van der Waals surface area (Å²) in [5, 5.41) is 6.78. The van der Waals surface area contributed by atoms with Crippen LogP contribution in [0.15, 0.2) is 40.9 Å². The number of carbonyl (C=O) groups excluding carboxylic acids is 1. The number of hydrogen-bond acceptors (Lipinski definition) is 6. The highest BCUT2D eigenvalue weighted by molar-refractivity contribution is 5.78. The van der Waals surface area contributed by atoms with Gasteiger partial charge >= 0.3 is 0 Å². The Balaban J connectivity index is 1.63. The first-order chi connectivity index (χ1) is 13.5. The van der Waals surface area contributed by atoms with Gasteiger partial charge in [-0.1, -0.05) is 23.4 Å². The fourth-order valence-electron chi connectivity index (χ4n) is 2.75. The maximum absolute atomic E-state index is 12.2. The number of aryl methyl sites for hydroxylation is 2. The van der Waals surface area contributed by atoms with Crippen LogP contribution in [0.25, 0.3) is 11.4 Å². The highest BCUT2D eigenvalue weighted by atomic mass is 16.5. The molecule has 146 valence electrons. The van der Waals surface area contributed by atoms with Gasteiger partial charge in [-0.2, -0.15) is 4.98 Å². The van der Waals surface area contributed by atoms with Gasteiger partial charge in [-0.3, -0.25) is 4.79 Å². The van der Waals surface area contributed by atoms with E-state index in [1.54, 1.807) is 32.4 Å². The van der Waals surface area contributed by atoms with E-state index in [1.807, 2.05) is 32.0 Å². The Hall–Kier alpha value is -3.35. The minimum atomic E-state index is -0.106. The van der Waals surface area contributed by atoms with E-state index in [4.69, 9.17) is 14.0 Å². The molecular weight excluding hydrogens is 358 g/mol. The van der Waals surface area contributed by atoms with Crippen molar-refractivity contribution in [3.8, 4) is 22.9 Å². The number of methoxy groups -OCH3 is 2. The first-order valence-electron chi connectivity index (χ1n) is 8.88. The predicted molar refractivity (Wildman–Crippen MR) is 104 cm³/mol. The fourth-order valence-corrected chi connectivity index (χ4v) is 2.75. The molecule has 0 fully saturated rings. The highest BCUT2D eigenvalue weighted by Gasteiger charge is 2.15. The summed E-state index contributed by atoms with van der Waals surface area (Å²) >= 11 is 0. The number of carbonyl (C=O) groups is 1. The van der Waals surface area contributed by atoms with Crippen LogP contribution in [0.3, 0.4) is 0 Å². The molecule has 3 rings (SSSR count). The lowest BCUT2D eigenvalue weighted by Crippen LogP contribution is -2.24. The number of amides is 1. The van der Waals surface area contributed by atoms with Crippen molar-refractivity contribution < 1.29 is 18.8 Å². The topological polar surface area (TPSA) is 86.5 Å². The molecule has 0 aliphatic heterocycles. The van der Waals surface area contributed by atoms with Crippen LogP contribution in [0.4, 0.5) is 0 Å². The first kappa shape index (κ1) is 19.4. The van der Waals surface area contributed by atoms with Gasteiger partial charge in [-0.15, -0.1) is 0 Å². The zero-order valence-electron chi connectivity index (χ0n) is 16.4. The lowest BCUT2D eigenvalue weighted by molar-refractivity contribution is -0.120. The Morgan fingerprint density at radius 1 is 1.07 bits per heavy atom. The van der Waals surface area contributed by atoms with Gasteiger partial charge in [0.25, 0.3) is 0 Å². The quantitative estimate of drug-likeness (QED) is 0.676. The molecule has 0 saturated heterocycles. The van der Waals surface area contributed by atoms with Gasteiger partial charge in [0.05, 0.1) is 32.7 Å². The van der Waals surface area contributed by atoms with Crippen molar-refractivity contribution in [3.63, 3.8) is 0 Å². The molecule has 0 atom stereocenters. The lowest BCUT2D eigenvalue weighted by Gasteiger charge is -2.07. The minimum Gasteiger partial charge on any atom is -0.497 e. The zero-order valence-corrected chi connectivity index (χ0v) is 16.4. The monoisotopic (exact) mass is 381 g/mol. The highest BCUT2D eigenvalue weighted by Crippen LogP contribution is 2.31. The zero-order chi connectivity index (χ0) is 20.1. The fraction of sp³-hybridized carbons (Fsp3) is 0.286. The predicted octanol–water partition coefficient (Wildman–Crippen LogP) is 3.23. The first-order valence-corrected chi connectivity index (χ1v) is 8.88. The van der Waals surface area contributed by atoms with Crippen LogP contribution in [0.1, 0.15) is 22.6 Å². The Morgan fingerprint density at radius 3 is 2.61 bits per heavy atom. The largest absolute Gasteiger partial charge is 0.497 e. The summed E-state index contributed by atoms with van der Waals surface area (Å²) in [6.07, 6.45) is 0.300. The lowest BCUT2D eigenvalue weighted by atomic mass is 10.0. The summed E-state index contributed by atoms with van der Waals surface area (Å²) in [5.41, 5.74) is 4.02. The molecule has 0 aliphatic rings. The summed E-state index contributed by atoms with van der Waals surface area (Å²) in [6.45, 7) is 4.24. The van der Waals surface area contributed by atoms with E-state index < -0.39 is 0 Å². The molecule has 7 heteroatoms. The summed E-state index contributed by atoms with van der Waals surface area (Å²) < 4.78 is 15.8. The molecule has 0 radical (unpaired) electrons. The molecule has 0 bridgehead atoms. The Kier molecular flexibility index (Phi) is 5.93. The molecule has 3 aromatic rings. The van der Waals surface area contributed by atoms with Crippen molar-refractivity contribution in [2.45, 2.75) is 26.8 Å². The molecule has 1 heterocycles. The number of ether oxygens (including phenoxy) is 2. The van der Waals surface area contributed by atoms with E-state index in [0.29, 0.717) is 35.2 Å². The Bertz CT molecular complexity index is 982. The molecule has 0 spiro atoms. The maximum Gasteiger partial charge on any atom is 0.246 e. The van der Waals surface area contributed by atoms with Gasteiger partial charge in [-0.05, 0) is 42.7 Å². The second-order valence-electron chi connectivity index (χ2n) is 6.45. The molecule has 1 aromatic heterocycles. The average Bonchev–Trinajstić information content (AvgIpc) is 3.17. The van der Waals surface area contributed by atoms with E-state index in [9.17, 15) is 4.79 Å². The van der Waals surface area contributed by atoms with Crippen LogP contribution < -0.4 is 14.8 Å². The number of nitrogens with one attached hydrogen (secondary N) is 1. The summed E-state index contributed by atoms with van der Waals surface area (Å²) in [6, 6.07) is 11.3.